The molecule has 13 heteroatoms. The molecule has 0 fully saturated rings. The lowest BCUT2D eigenvalue weighted by atomic mass is 10.0. The van der Waals surface area contributed by atoms with Gasteiger partial charge in [-0.05, 0) is 108 Å². The zero-order valence-electron chi connectivity index (χ0n) is 30.8. The lowest BCUT2D eigenvalue weighted by Crippen LogP contribution is -2.20. The monoisotopic (exact) mass is 754 g/mol. The third kappa shape index (κ3) is 11.3. The van der Waals surface area contributed by atoms with Gasteiger partial charge in [-0.3, -0.25) is 24.4 Å². The predicted molar refractivity (Wildman–Crippen MR) is 214 cm³/mol. The number of halogens is 2. The number of nitrogens with two attached hydrogens (primary N) is 2. The van der Waals surface area contributed by atoms with Crippen LogP contribution in [-0.2, 0) is 22.7 Å². The van der Waals surface area contributed by atoms with E-state index in [1.165, 1.54) is 42.5 Å². The highest BCUT2D eigenvalue weighted by Gasteiger charge is 2.14. The van der Waals surface area contributed by atoms with Crippen molar-refractivity contribution >= 4 is 23.5 Å². The Balaban J connectivity index is 0.000000239. The summed E-state index contributed by atoms with van der Waals surface area (Å²) in [6.45, 7) is 11.3. The Labute approximate surface area is 323 Å². The molecule has 2 aromatic carbocycles. The summed E-state index contributed by atoms with van der Waals surface area (Å²) >= 11 is 0. The van der Waals surface area contributed by atoms with Crippen LogP contribution in [0.3, 0.4) is 0 Å². The number of aromatic nitrogens is 4. The lowest BCUT2D eigenvalue weighted by molar-refractivity contribution is -0.117. The van der Waals surface area contributed by atoms with E-state index in [1.807, 2.05) is 32.0 Å². The van der Waals surface area contributed by atoms with E-state index >= 15 is 0 Å². The number of rotatable bonds is 11. The van der Waals surface area contributed by atoms with Crippen molar-refractivity contribution in [3.63, 3.8) is 0 Å². The summed E-state index contributed by atoms with van der Waals surface area (Å²) in [4.78, 5) is 52.0. The van der Waals surface area contributed by atoms with Gasteiger partial charge in [-0.25, -0.2) is 18.7 Å². The molecule has 0 spiro atoms. The molecule has 0 aliphatic heterocycles. The molecule has 284 valence electrons. The van der Waals surface area contributed by atoms with E-state index in [0.29, 0.717) is 39.7 Å². The molecule has 0 aliphatic carbocycles. The number of pyridine rings is 4. The van der Waals surface area contributed by atoms with Crippen LogP contribution >= 0.6 is 0 Å². The molecular formula is C43H40F2N8O3. The van der Waals surface area contributed by atoms with Gasteiger partial charge in [-0.15, -0.1) is 0 Å². The number of carbonyl (C=O) groups is 3. The van der Waals surface area contributed by atoms with Crippen LogP contribution in [0.2, 0.25) is 0 Å². The molecule has 6 rings (SSSR count). The summed E-state index contributed by atoms with van der Waals surface area (Å²) in [6, 6.07) is 25.9. The number of nitrogens with zero attached hydrogens (tertiary/aromatic N) is 4. The quantitative estimate of drug-likeness (QED) is 0.100. The molecule has 0 saturated carbocycles. The van der Waals surface area contributed by atoms with E-state index in [2.05, 4.69) is 43.7 Å². The number of carbonyl (C=O) groups excluding carboxylic acids is 3. The van der Waals surface area contributed by atoms with Gasteiger partial charge in [0, 0.05) is 47.7 Å². The van der Waals surface area contributed by atoms with Gasteiger partial charge >= 0.3 is 0 Å². The van der Waals surface area contributed by atoms with Gasteiger partial charge < -0.3 is 22.1 Å². The van der Waals surface area contributed by atoms with Crippen LogP contribution in [0.25, 0.3) is 45.0 Å². The molecular weight excluding hydrogens is 715 g/mol. The van der Waals surface area contributed by atoms with E-state index in [-0.39, 0.29) is 42.2 Å². The van der Waals surface area contributed by atoms with Crippen molar-refractivity contribution in [2.45, 2.75) is 26.9 Å². The number of hydrogen-bond donors (Lipinski definition) is 4. The summed E-state index contributed by atoms with van der Waals surface area (Å²) in [5.74, 6) is -1.51. The first kappa shape index (κ1) is 41.3. The minimum Gasteiger partial charge on any atom is -0.384 e. The summed E-state index contributed by atoms with van der Waals surface area (Å²) in [5.41, 5.74) is 18.1. The van der Waals surface area contributed by atoms with Crippen LogP contribution in [0.4, 0.5) is 14.6 Å². The third-order valence-corrected chi connectivity index (χ3v) is 7.85. The Bertz CT molecular complexity index is 2330. The molecule has 0 atom stereocenters. The standard InChI is InChI=1S/C21H17FN4O2.C20H17FN4O.C2H6/c1-2-20(27)25-12-14-11-24-19(13-6-8-15(22)9-7-13)10-16(14)17-4-3-5-18(26-17)21(23)28;1-2-20(26)24-12-14-11-23-18(13-6-8-15(21)9-7-13)10-16(14)17-4-3-5-19(22)25-17;1-2/h2-11H,1,12H2,(H2,23,28)(H,25,27);2-11H,1,12H2,(H2,22,25)(H,24,26);1-2H3. The van der Waals surface area contributed by atoms with Crippen LogP contribution in [0.5, 0.6) is 0 Å². The van der Waals surface area contributed by atoms with Crippen LogP contribution in [-0.4, -0.2) is 37.7 Å². The first-order valence-corrected chi connectivity index (χ1v) is 17.3. The van der Waals surface area contributed by atoms with Crippen molar-refractivity contribution in [3.8, 4) is 45.0 Å². The maximum atomic E-state index is 13.2. The van der Waals surface area contributed by atoms with Crippen molar-refractivity contribution in [2.24, 2.45) is 5.73 Å². The third-order valence-electron chi connectivity index (χ3n) is 7.85. The molecule has 6 N–H and O–H groups in total. The highest BCUT2D eigenvalue weighted by Crippen LogP contribution is 2.29. The van der Waals surface area contributed by atoms with Gasteiger partial charge in [-0.1, -0.05) is 39.1 Å². The van der Waals surface area contributed by atoms with E-state index in [1.54, 1.807) is 60.9 Å². The number of nitrogen functional groups attached to an aromatic ring is 1. The second kappa shape index (κ2) is 20.2. The fourth-order valence-electron chi connectivity index (χ4n) is 5.12. The van der Waals surface area contributed by atoms with Crippen LogP contribution in [0.15, 0.2) is 135 Å². The zero-order chi connectivity index (χ0) is 40.6. The summed E-state index contributed by atoms with van der Waals surface area (Å²) in [7, 11) is 0. The maximum Gasteiger partial charge on any atom is 0.267 e. The molecule has 6 aromatic rings. The average molecular weight is 755 g/mol. The van der Waals surface area contributed by atoms with Crippen LogP contribution in [0.1, 0.15) is 35.5 Å². The molecule has 0 radical (unpaired) electrons. The first-order valence-electron chi connectivity index (χ1n) is 17.3. The summed E-state index contributed by atoms with van der Waals surface area (Å²) < 4.78 is 26.4. The summed E-state index contributed by atoms with van der Waals surface area (Å²) in [6.07, 6.45) is 5.66. The molecule has 0 bridgehead atoms. The molecule has 11 nitrogen and oxygen atoms in total. The highest BCUT2D eigenvalue weighted by atomic mass is 19.1. The smallest absolute Gasteiger partial charge is 0.267 e. The van der Waals surface area contributed by atoms with E-state index in [4.69, 9.17) is 11.5 Å². The summed E-state index contributed by atoms with van der Waals surface area (Å²) in [5, 5.41) is 5.43. The largest absolute Gasteiger partial charge is 0.384 e. The SMILES string of the molecule is C=CC(=O)NCc1cnc(-c2ccc(F)cc2)cc1-c1cccc(C(N)=O)n1.C=CC(=O)NCc1cnc(-c2ccc(F)cc2)cc1-c1cccc(N)n1.CC. The van der Waals surface area contributed by atoms with E-state index in [0.717, 1.165) is 22.3 Å². The minimum absolute atomic E-state index is 0.124. The maximum absolute atomic E-state index is 13.2. The van der Waals surface area contributed by atoms with Gasteiger partial charge in [-0.2, -0.15) is 0 Å². The normalized spacial score (nSPS) is 10.1. The number of nitrogens with one attached hydrogen (secondary N) is 2. The molecule has 0 aliphatic rings. The van der Waals surface area contributed by atoms with Gasteiger partial charge in [0.05, 0.1) is 22.8 Å². The van der Waals surface area contributed by atoms with Crippen molar-refractivity contribution in [3.05, 3.63) is 163 Å². The Morgan fingerprint density at radius 2 is 1.07 bits per heavy atom. The van der Waals surface area contributed by atoms with Crippen LogP contribution in [0, 0.1) is 11.6 Å². The molecule has 0 unspecified atom stereocenters. The van der Waals surface area contributed by atoms with E-state index in [9.17, 15) is 23.2 Å². The molecule has 0 saturated heterocycles. The number of primary amides is 1. The number of hydrogen-bond acceptors (Lipinski definition) is 8. The second-order valence-electron chi connectivity index (χ2n) is 11.5. The fourth-order valence-corrected chi connectivity index (χ4v) is 5.12. The van der Waals surface area contributed by atoms with Gasteiger partial charge in [0.15, 0.2) is 0 Å². The Kier molecular flexibility index (Phi) is 14.9. The fraction of sp³-hybridized carbons (Fsp3) is 0.0930. The zero-order valence-corrected chi connectivity index (χ0v) is 30.8. The van der Waals surface area contributed by atoms with Crippen molar-refractivity contribution < 1.29 is 23.2 Å². The number of anilines is 1. The molecule has 4 heterocycles. The lowest BCUT2D eigenvalue weighted by Gasteiger charge is -2.12. The van der Waals surface area contributed by atoms with Crippen molar-refractivity contribution in [1.29, 1.82) is 0 Å². The van der Waals surface area contributed by atoms with E-state index < -0.39 is 5.91 Å². The second-order valence-corrected chi connectivity index (χ2v) is 11.5. The number of benzene rings is 2. The van der Waals surface area contributed by atoms with Gasteiger partial charge in [0.25, 0.3) is 5.91 Å². The van der Waals surface area contributed by atoms with Crippen molar-refractivity contribution in [1.82, 2.24) is 30.6 Å². The van der Waals surface area contributed by atoms with Gasteiger partial charge in [0.1, 0.15) is 23.1 Å². The highest BCUT2D eigenvalue weighted by molar-refractivity contribution is 5.91. The Morgan fingerprint density at radius 3 is 1.48 bits per heavy atom. The molecule has 56 heavy (non-hydrogen) atoms. The predicted octanol–water partition coefficient (Wildman–Crippen LogP) is 7.21. The minimum atomic E-state index is -0.642. The topological polar surface area (TPSA) is 179 Å². The van der Waals surface area contributed by atoms with Crippen molar-refractivity contribution in [2.75, 3.05) is 5.73 Å². The van der Waals surface area contributed by atoms with Gasteiger partial charge in [0.2, 0.25) is 11.8 Å². The Hall–Kier alpha value is -7.41. The molecule has 3 amide bonds. The molecule has 4 aromatic heterocycles. The first-order chi connectivity index (χ1) is 27.0. The van der Waals surface area contributed by atoms with Crippen LogP contribution < -0.4 is 22.1 Å². The Morgan fingerprint density at radius 1 is 0.643 bits per heavy atom. The average Bonchev–Trinajstić information content (AvgIpc) is 3.23. The number of amides is 3.